The van der Waals surface area contributed by atoms with Crippen molar-refractivity contribution in [2.45, 2.75) is 30.9 Å². The van der Waals surface area contributed by atoms with Crippen LogP contribution in [0.2, 0.25) is 0 Å². The maximum absolute atomic E-state index is 15.7. The van der Waals surface area contributed by atoms with E-state index >= 15 is 8.78 Å². The van der Waals surface area contributed by atoms with Crippen LogP contribution in [0.5, 0.6) is 5.75 Å². The molecular weight excluding hydrogens is 436 g/mol. The molecule has 3 heterocycles. The lowest BCUT2D eigenvalue weighted by molar-refractivity contribution is 0.0126. The first-order chi connectivity index (χ1) is 14.3. The minimum Gasteiger partial charge on any atom is -0.449 e. The fraction of sp³-hybridized carbons (Fsp3) is 0.500. The molecule has 2 aliphatic heterocycles. The molecule has 1 aliphatic carbocycles. The molecule has 11 heteroatoms. The van der Waals surface area contributed by atoms with E-state index in [0.29, 0.717) is 13.2 Å². The second-order valence-electron chi connectivity index (χ2n) is 8.23. The van der Waals surface area contributed by atoms with Gasteiger partial charge in [-0.1, -0.05) is 0 Å². The Morgan fingerprint density at radius 1 is 1.35 bits per heavy atom. The summed E-state index contributed by atoms with van der Waals surface area (Å²) in [6.07, 6.45) is 1.79. The van der Waals surface area contributed by atoms with Crippen molar-refractivity contribution in [1.82, 2.24) is 4.57 Å². The number of anilines is 1. The molecule has 0 spiro atoms. The minimum absolute atomic E-state index is 0. The van der Waals surface area contributed by atoms with E-state index in [2.05, 4.69) is 4.74 Å². The number of nitrogens with zero attached hydrogens (tertiary/aromatic N) is 2. The third-order valence-corrected chi connectivity index (χ3v) is 6.45. The molecule has 8 nitrogen and oxygen atoms in total. The molecule has 1 saturated carbocycles. The molecule has 168 valence electrons. The van der Waals surface area contributed by atoms with E-state index in [1.54, 1.807) is 4.90 Å². The normalized spacial score (nSPS) is 24.9. The van der Waals surface area contributed by atoms with Crippen LogP contribution in [0.1, 0.15) is 25.3 Å². The molecule has 0 radical (unpaired) electrons. The van der Waals surface area contributed by atoms with Gasteiger partial charge in [-0.2, -0.15) is 0 Å². The van der Waals surface area contributed by atoms with Crippen LogP contribution in [0.15, 0.2) is 17.1 Å². The van der Waals surface area contributed by atoms with Crippen molar-refractivity contribution in [2.24, 2.45) is 11.7 Å². The average Bonchev–Trinajstić information content (AvgIpc) is 3.36. The third kappa shape index (κ3) is 3.33. The first-order valence-corrected chi connectivity index (χ1v) is 9.91. The second kappa shape index (κ2) is 7.61. The highest BCUT2D eigenvalue weighted by Gasteiger charge is 2.51. The fourth-order valence-corrected chi connectivity index (χ4v) is 4.84. The fourth-order valence-electron chi connectivity index (χ4n) is 4.84. The van der Waals surface area contributed by atoms with Gasteiger partial charge in [0.15, 0.2) is 11.6 Å². The van der Waals surface area contributed by atoms with E-state index in [1.807, 2.05) is 0 Å². The Balaban J connectivity index is 0.00000231. The first kappa shape index (κ1) is 21.8. The molecule has 3 N–H and O–H groups in total. The summed E-state index contributed by atoms with van der Waals surface area (Å²) >= 11 is 0. The van der Waals surface area contributed by atoms with Crippen LogP contribution in [-0.2, 0) is 4.74 Å². The highest BCUT2D eigenvalue weighted by molar-refractivity contribution is 5.86. The number of benzene rings is 1. The Labute approximate surface area is 181 Å². The zero-order valence-corrected chi connectivity index (χ0v) is 17.3. The number of carboxylic acid groups (broad SMARTS) is 1. The SMILES string of the molecule is Cl.NCC12CN(c3c(F)cc4c(=O)c(OC(=O)O)cn(C5CC5)c4c3F)CC1CCO2. The van der Waals surface area contributed by atoms with Crippen molar-refractivity contribution < 1.29 is 28.2 Å². The topological polar surface area (TPSA) is 107 Å². The van der Waals surface area contributed by atoms with E-state index in [9.17, 15) is 9.59 Å². The zero-order chi connectivity index (χ0) is 21.2. The van der Waals surface area contributed by atoms with Crippen LogP contribution in [-0.4, -0.2) is 47.7 Å². The number of halogens is 3. The van der Waals surface area contributed by atoms with Crippen molar-refractivity contribution in [3.63, 3.8) is 0 Å². The monoisotopic (exact) mass is 457 g/mol. The number of nitrogens with two attached hydrogens (primary N) is 1. The van der Waals surface area contributed by atoms with Gasteiger partial charge in [0.1, 0.15) is 17.1 Å². The summed E-state index contributed by atoms with van der Waals surface area (Å²) < 4.78 is 42.7. The van der Waals surface area contributed by atoms with E-state index in [-0.39, 0.29) is 54.0 Å². The maximum atomic E-state index is 15.7. The highest BCUT2D eigenvalue weighted by Crippen LogP contribution is 2.44. The molecule has 3 fully saturated rings. The van der Waals surface area contributed by atoms with Gasteiger partial charge >= 0.3 is 6.16 Å². The molecule has 2 aromatic rings. The van der Waals surface area contributed by atoms with Crippen LogP contribution in [0.4, 0.5) is 19.3 Å². The summed E-state index contributed by atoms with van der Waals surface area (Å²) in [4.78, 5) is 25.2. The predicted molar refractivity (Wildman–Crippen MR) is 110 cm³/mol. The van der Waals surface area contributed by atoms with Crippen molar-refractivity contribution in [3.05, 3.63) is 34.1 Å². The van der Waals surface area contributed by atoms with Gasteiger partial charge in [-0.15, -0.1) is 12.4 Å². The Bertz CT molecular complexity index is 1120. The van der Waals surface area contributed by atoms with Crippen LogP contribution in [0.3, 0.4) is 0 Å². The number of rotatable bonds is 4. The van der Waals surface area contributed by atoms with Gasteiger partial charge in [0.2, 0.25) is 5.43 Å². The van der Waals surface area contributed by atoms with E-state index in [1.165, 1.54) is 10.8 Å². The summed E-state index contributed by atoms with van der Waals surface area (Å²) in [6.45, 7) is 1.51. The third-order valence-electron chi connectivity index (χ3n) is 6.45. The Morgan fingerprint density at radius 3 is 2.71 bits per heavy atom. The van der Waals surface area contributed by atoms with E-state index < -0.39 is 34.6 Å². The van der Waals surface area contributed by atoms with Gasteiger partial charge in [-0.25, -0.2) is 13.6 Å². The van der Waals surface area contributed by atoms with E-state index in [4.69, 9.17) is 15.6 Å². The standard InChI is InChI=1S/C20H21F2N3O5.ClH/c21-13-5-12-16(25(11-1-2-11)7-14(18(12)26)30-19(27)28)15(22)17(13)24-6-10-3-4-29-20(10,8-23)9-24;/h5,7,10-11H,1-4,6,8-9,23H2,(H,27,28);1H. The van der Waals surface area contributed by atoms with Crippen LogP contribution >= 0.6 is 12.4 Å². The van der Waals surface area contributed by atoms with Gasteiger partial charge < -0.3 is 29.8 Å². The number of carbonyl (C=O) groups is 1. The molecule has 0 bridgehead atoms. The van der Waals surface area contributed by atoms with E-state index in [0.717, 1.165) is 25.3 Å². The minimum atomic E-state index is -1.66. The van der Waals surface area contributed by atoms with Gasteiger partial charge in [0, 0.05) is 38.2 Å². The van der Waals surface area contributed by atoms with Gasteiger partial charge in [-0.05, 0) is 25.3 Å². The van der Waals surface area contributed by atoms with Gasteiger partial charge in [-0.3, -0.25) is 4.79 Å². The summed E-state index contributed by atoms with van der Waals surface area (Å²) in [5.74, 6) is -2.13. The second-order valence-corrected chi connectivity index (χ2v) is 8.23. The number of hydrogen-bond donors (Lipinski definition) is 2. The number of hydrogen-bond acceptors (Lipinski definition) is 6. The molecule has 0 amide bonds. The number of aromatic nitrogens is 1. The lowest BCUT2D eigenvalue weighted by Gasteiger charge is -2.27. The quantitative estimate of drug-likeness (QED) is 0.679. The molecule has 1 aromatic heterocycles. The molecule has 2 saturated heterocycles. The van der Waals surface area contributed by atoms with Crippen LogP contribution in [0, 0.1) is 17.6 Å². The van der Waals surface area contributed by atoms with Crippen molar-refractivity contribution in [1.29, 1.82) is 0 Å². The Hall–Kier alpha value is -2.43. The van der Waals surface area contributed by atoms with Crippen LogP contribution < -0.4 is 20.8 Å². The summed E-state index contributed by atoms with van der Waals surface area (Å²) in [6, 6.07) is 0.863. The smallest absolute Gasteiger partial charge is 0.449 e. The maximum Gasteiger partial charge on any atom is 0.511 e. The molecule has 1 aromatic carbocycles. The van der Waals surface area contributed by atoms with Gasteiger partial charge in [0.05, 0.1) is 17.1 Å². The van der Waals surface area contributed by atoms with Crippen molar-refractivity contribution in [3.8, 4) is 5.75 Å². The average molecular weight is 458 g/mol. The number of fused-ring (bicyclic) bond motifs is 2. The van der Waals surface area contributed by atoms with Crippen LogP contribution in [0.25, 0.3) is 10.9 Å². The lowest BCUT2D eigenvalue weighted by atomic mass is 9.91. The first-order valence-electron chi connectivity index (χ1n) is 9.91. The van der Waals surface area contributed by atoms with Crippen molar-refractivity contribution >= 4 is 35.2 Å². The lowest BCUT2D eigenvalue weighted by Crippen LogP contribution is -2.44. The Morgan fingerprint density at radius 2 is 2.10 bits per heavy atom. The summed E-state index contributed by atoms with van der Waals surface area (Å²) in [7, 11) is 0. The molecule has 2 atom stereocenters. The van der Waals surface area contributed by atoms with Gasteiger partial charge in [0.25, 0.3) is 0 Å². The molecule has 5 rings (SSSR count). The largest absolute Gasteiger partial charge is 0.511 e. The molecule has 2 unspecified atom stereocenters. The number of pyridine rings is 1. The summed E-state index contributed by atoms with van der Waals surface area (Å²) in [5.41, 5.74) is 4.17. The zero-order valence-electron chi connectivity index (χ0n) is 16.5. The number of ether oxygens (including phenoxy) is 2. The Kier molecular flexibility index (Phi) is 5.35. The predicted octanol–water partition coefficient (Wildman–Crippen LogP) is 2.65. The summed E-state index contributed by atoms with van der Waals surface area (Å²) in [5, 5.41) is 8.64. The molecular formula is C20H22ClF2N3O5. The molecule has 3 aliphatic rings. The molecule has 31 heavy (non-hydrogen) atoms. The highest BCUT2D eigenvalue weighted by atomic mass is 35.5. The van der Waals surface area contributed by atoms with Crippen molar-refractivity contribution in [2.75, 3.05) is 31.1 Å².